The minimum Gasteiger partial charge on any atom is -0.462 e. The topological polar surface area (TPSA) is 46.5 Å². The Bertz CT molecular complexity index is 339. The fourth-order valence-electron chi connectivity index (χ4n) is 4.69. The summed E-state index contributed by atoms with van der Waals surface area (Å²) < 4.78 is 5.35. The molecule has 3 heteroatoms. The van der Waals surface area contributed by atoms with Crippen molar-refractivity contribution in [3.8, 4) is 0 Å². The Hall–Kier alpha value is -0.570. The van der Waals surface area contributed by atoms with Gasteiger partial charge in [0.05, 0.1) is 11.5 Å². The normalized spacial score (nSPS) is 63.2. The molecule has 4 fully saturated rings. The second kappa shape index (κ2) is 1.87. The molecule has 0 aromatic carbocycles. The lowest BCUT2D eigenvalue weighted by Gasteiger charge is -2.57. The van der Waals surface area contributed by atoms with Gasteiger partial charge in [-0.1, -0.05) is 0 Å². The van der Waals surface area contributed by atoms with E-state index in [4.69, 9.17) is 4.74 Å². The molecule has 1 saturated heterocycles. The maximum absolute atomic E-state index is 11.6. The van der Waals surface area contributed by atoms with E-state index in [1.54, 1.807) is 0 Å². The highest BCUT2D eigenvalue weighted by Gasteiger charge is 2.72. The predicted octanol–water partition coefficient (Wildman–Crippen LogP) is 0.853. The molecule has 0 aromatic heterocycles. The molecule has 0 amide bonds. The quantitative estimate of drug-likeness (QED) is 0.581. The number of ether oxygens (including phenoxy) is 1. The zero-order valence-electron chi connectivity index (χ0n) is 8.03. The van der Waals surface area contributed by atoms with Gasteiger partial charge in [-0.2, -0.15) is 0 Å². The molecule has 3 bridgehead atoms. The van der Waals surface area contributed by atoms with Gasteiger partial charge in [-0.25, -0.2) is 0 Å². The van der Waals surface area contributed by atoms with Crippen LogP contribution >= 0.6 is 0 Å². The van der Waals surface area contributed by atoms with Gasteiger partial charge in [0.15, 0.2) is 0 Å². The summed E-state index contributed by atoms with van der Waals surface area (Å²) >= 11 is 0. The Morgan fingerprint density at radius 2 is 2.21 bits per heavy atom. The first-order valence-electron chi connectivity index (χ1n) is 5.54. The van der Waals surface area contributed by atoms with Gasteiger partial charge in [-0.3, -0.25) is 4.79 Å². The minimum absolute atomic E-state index is 0.0152. The SMILES string of the molecule is O=C1OC2CC3(O)CC4CC1C4(C2)C3. The van der Waals surface area contributed by atoms with Crippen LogP contribution in [0.1, 0.15) is 32.1 Å². The van der Waals surface area contributed by atoms with Gasteiger partial charge in [-0.05, 0) is 37.0 Å². The number of carbonyl (C=O) groups is 1. The summed E-state index contributed by atoms with van der Waals surface area (Å²) in [4.78, 5) is 11.6. The molecule has 5 atom stereocenters. The van der Waals surface area contributed by atoms with E-state index in [0.717, 1.165) is 25.7 Å². The number of hydrogen-bond donors (Lipinski definition) is 1. The first-order valence-corrected chi connectivity index (χ1v) is 5.54. The lowest BCUT2D eigenvalue weighted by atomic mass is 9.50. The fraction of sp³-hybridized carbons (Fsp3) is 0.909. The summed E-state index contributed by atoms with van der Waals surface area (Å²) in [6.45, 7) is 0. The van der Waals surface area contributed by atoms with Crippen LogP contribution in [0.3, 0.4) is 0 Å². The molecule has 0 radical (unpaired) electrons. The third-order valence-electron chi connectivity index (χ3n) is 5.09. The highest BCUT2D eigenvalue weighted by Crippen LogP contribution is 2.71. The van der Waals surface area contributed by atoms with Crippen molar-refractivity contribution in [2.75, 3.05) is 0 Å². The maximum atomic E-state index is 11.6. The molecule has 5 unspecified atom stereocenters. The van der Waals surface area contributed by atoms with Crippen LogP contribution in [0.2, 0.25) is 0 Å². The molecule has 1 aliphatic heterocycles. The van der Waals surface area contributed by atoms with Gasteiger partial charge in [-0.15, -0.1) is 0 Å². The summed E-state index contributed by atoms with van der Waals surface area (Å²) in [7, 11) is 0. The van der Waals surface area contributed by atoms with Crippen LogP contribution < -0.4 is 0 Å². The number of aliphatic hydroxyl groups is 1. The second-order valence-electron chi connectivity index (χ2n) is 5.79. The zero-order valence-corrected chi connectivity index (χ0v) is 8.03. The molecular weight excluding hydrogens is 180 g/mol. The molecular formula is C11H14O3. The molecule has 3 nitrogen and oxygen atoms in total. The van der Waals surface area contributed by atoms with E-state index >= 15 is 0 Å². The van der Waals surface area contributed by atoms with Crippen molar-refractivity contribution >= 4 is 5.97 Å². The largest absolute Gasteiger partial charge is 0.462 e. The average molecular weight is 194 g/mol. The molecule has 14 heavy (non-hydrogen) atoms. The smallest absolute Gasteiger partial charge is 0.309 e. The summed E-state index contributed by atoms with van der Waals surface area (Å²) in [5, 5.41) is 10.3. The van der Waals surface area contributed by atoms with Crippen molar-refractivity contribution < 1.29 is 14.6 Å². The van der Waals surface area contributed by atoms with Crippen molar-refractivity contribution in [2.45, 2.75) is 43.8 Å². The van der Waals surface area contributed by atoms with Crippen LogP contribution in [0, 0.1) is 17.3 Å². The lowest BCUT2D eigenvalue weighted by Crippen LogP contribution is -2.58. The van der Waals surface area contributed by atoms with E-state index in [1.807, 2.05) is 0 Å². The fourth-order valence-corrected chi connectivity index (χ4v) is 4.69. The number of carbonyl (C=O) groups excluding carboxylic acids is 1. The molecule has 1 spiro atoms. The number of rotatable bonds is 0. The number of fused-ring (bicyclic) bond motifs is 2. The third kappa shape index (κ3) is 0.630. The Labute approximate surface area is 82.4 Å². The molecule has 4 rings (SSSR count). The van der Waals surface area contributed by atoms with Crippen LogP contribution in [0.25, 0.3) is 0 Å². The highest BCUT2D eigenvalue weighted by atomic mass is 16.5. The third-order valence-corrected chi connectivity index (χ3v) is 5.09. The van der Waals surface area contributed by atoms with Crippen LogP contribution in [-0.2, 0) is 9.53 Å². The van der Waals surface area contributed by atoms with Gasteiger partial charge < -0.3 is 9.84 Å². The van der Waals surface area contributed by atoms with Gasteiger partial charge in [0, 0.05) is 6.42 Å². The lowest BCUT2D eigenvalue weighted by molar-refractivity contribution is -0.207. The second-order valence-corrected chi connectivity index (χ2v) is 5.79. The molecule has 1 N–H and O–H groups in total. The Kier molecular flexibility index (Phi) is 1.03. The summed E-state index contributed by atoms with van der Waals surface area (Å²) in [5.41, 5.74) is -0.337. The van der Waals surface area contributed by atoms with Crippen molar-refractivity contribution in [3.63, 3.8) is 0 Å². The minimum atomic E-state index is -0.497. The van der Waals surface area contributed by atoms with Crippen LogP contribution in [-0.4, -0.2) is 22.8 Å². The molecule has 3 saturated carbocycles. The van der Waals surface area contributed by atoms with Crippen molar-refractivity contribution in [2.24, 2.45) is 17.3 Å². The standard InChI is InChI=1S/C11H14O3/c12-9-8-1-6-2-10(13)3-7(14-9)4-11(6,8)5-10/h6-8,13H,1-5H2. The van der Waals surface area contributed by atoms with E-state index < -0.39 is 5.60 Å². The summed E-state index contributed by atoms with van der Waals surface area (Å²) in [6.07, 6.45) is 4.47. The van der Waals surface area contributed by atoms with Crippen LogP contribution in [0.4, 0.5) is 0 Å². The predicted molar refractivity (Wildman–Crippen MR) is 47.3 cm³/mol. The monoisotopic (exact) mass is 194 g/mol. The van der Waals surface area contributed by atoms with E-state index in [0.29, 0.717) is 12.3 Å². The molecule has 3 aliphatic carbocycles. The Morgan fingerprint density at radius 3 is 3.07 bits per heavy atom. The Morgan fingerprint density at radius 1 is 1.36 bits per heavy atom. The Balaban J connectivity index is 1.85. The van der Waals surface area contributed by atoms with Crippen LogP contribution in [0.5, 0.6) is 0 Å². The van der Waals surface area contributed by atoms with E-state index in [-0.39, 0.29) is 23.4 Å². The molecule has 1 heterocycles. The van der Waals surface area contributed by atoms with Crippen molar-refractivity contribution in [1.29, 1.82) is 0 Å². The highest BCUT2D eigenvalue weighted by molar-refractivity contribution is 5.76. The molecule has 0 aromatic rings. The van der Waals surface area contributed by atoms with E-state index in [9.17, 15) is 9.90 Å². The summed E-state index contributed by atoms with van der Waals surface area (Å²) in [5.74, 6) is 0.745. The number of hydrogen-bond acceptors (Lipinski definition) is 3. The van der Waals surface area contributed by atoms with E-state index in [2.05, 4.69) is 0 Å². The molecule has 4 aliphatic rings. The van der Waals surface area contributed by atoms with Crippen molar-refractivity contribution in [1.82, 2.24) is 0 Å². The first-order chi connectivity index (χ1) is 6.61. The van der Waals surface area contributed by atoms with Crippen LogP contribution in [0.15, 0.2) is 0 Å². The first kappa shape index (κ1) is 7.69. The van der Waals surface area contributed by atoms with Gasteiger partial charge in [0.2, 0.25) is 0 Å². The van der Waals surface area contributed by atoms with Gasteiger partial charge >= 0.3 is 5.97 Å². The van der Waals surface area contributed by atoms with Crippen molar-refractivity contribution in [3.05, 3.63) is 0 Å². The number of esters is 1. The zero-order chi connectivity index (χ0) is 9.55. The van der Waals surface area contributed by atoms with E-state index in [1.165, 1.54) is 0 Å². The summed E-state index contributed by atoms with van der Waals surface area (Å²) in [6, 6.07) is 0. The average Bonchev–Trinajstić information content (AvgIpc) is 2.25. The molecule has 76 valence electrons. The maximum Gasteiger partial charge on any atom is 0.309 e. The van der Waals surface area contributed by atoms with Gasteiger partial charge in [0.1, 0.15) is 6.10 Å². The van der Waals surface area contributed by atoms with Gasteiger partial charge in [0.25, 0.3) is 0 Å².